The molecular weight excluding hydrogens is 276 g/mol. The van der Waals surface area contributed by atoms with Crippen LogP contribution in [0.25, 0.3) is 0 Å². The number of Topliss-reactive ketones (excluding diaryl/α,β-unsaturated/α-hetero) is 2. The summed E-state index contributed by atoms with van der Waals surface area (Å²) in [5.41, 5.74) is 0.910. The van der Waals surface area contributed by atoms with Gasteiger partial charge in [-0.15, -0.1) is 0 Å². The van der Waals surface area contributed by atoms with E-state index in [-0.39, 0.29) is 16.7 Å². The molecule has 120 valence electrons. The van der Waals surface area contributed by atoms with E-state index in [2.05, 4.69) is 19.9 Å². The third kappa shape index (κ3) is 1.72. The first kappa shape index (κ1) is 14.6. The maximum Gasteiger partial charge on any atom is 0.139 e. The Morgan fingerprint density at radius 2 is 1.95 bits per heavy atom. The molecule has 4 aliphatic carbocycles. The molecule has 4 aliphatic rings. The third-order valence-corrected chi connectivity index (χ3v) is 7.58. The first-order chi connectivity index (χ1) is 10.4. The van der Waals surface area contributed by atoms with Crippen LogP contribution in [-0.4, -0.2) is 22.8 Å². The molecule has 3 fully saturated rings. The minimum Gasteiger partial charge on any atom is -0.393 e. The van der Waals surface area contributed by atoms with Crippen molar-refractivity contribution in [2.24, 2.45) is 28.6 Å². The second-order valence-electron chi connectivity index (χ2n) is 8.54. The van der Waals surface area contributed by atoms with Crippen molar-refractivity contribution in [3.05, 3.63) is 11.6 Å². The summed E-state index contributed by atoms with van der Waals surface area (Å²) in [6.07, 6.45) is 7.19. The maximum atomic E-state index is 12.4. The maximum absolute atomic E-state index is 12.4. The van der Waals surface area contributed by atoms with Crippen LogP contribution in [-0.2, 0) is 9.59 Å². The lowest BCUT2D eigenvalue weighted by atomic mass is 9.47. The van der Waals surface area contributed by atoms with Crippen LogP contribution in [0.1, 0.15) is 58.8 Å². The molecule has 0 bridgehead atoms. The lowest BCUT2D eigenvalue weighted by Gasteiger charge is -2.57. The van der Waals surface area contributed by atoms with Crippen molar-refractivity contribution in [2.45, 2.75) is 64.9 Å². The highest BCUT2D eigenvalue weighted by atomic mass is 16.3. The van der Waals surface area contributed by atoms with Gasteiger partial charge in [-0.05, 0) is 48.9 Å². The fraction of sp³-hybridized carbons (Fsp3) is 0.789. The summed E-state index contributed by atoms with van der Waals surface area (Å²) in [6.45, 7) is 4.34. The smallest absolute Gasteiger partial charge is 0.139 e. The van der Waals surface area contributed by atoms with Crippen LogP contribution in [0, 0.1) is 28.6 Å². The Morgan fingerprint density at radius 1 is 1.18 bits per heavy atom. The van der Waals surface area contributed by atoms with E-state index in [1.807, 2.05) is 0 Å². The summed E-state index contributed by atoms with van der Waals surface area (Å²) < 4.78 is 0. The minimum atomic E-state index is -0.407. The number of hydrogen-bond donors (Lipinski definition) is 1. The summed E-state index contributed by atoms with van der Waals surface area (Å²) in [4.78, 5) is 24.2. The van der Waals surface area contributed by atoms with E-state index in [0.29, 0.717) is 49.1 Å². The molecule has 0 amide bonds. The van der Waals surface area contributed by atoms with E-state index >= 15 is 0 Å². The monoisotopic (exact) mass is 302 g/mol. The average Bonchev–Trinajstić information content (AvgIpc) is 2.75. The largest absolute Gasteiger partial charge is 0.393 e. The predicted octanol–water partition coefficient (Wildman–Crippen LogP) is 3.06. The van der Waals surface area contributed by atoms with E-state index in [9.17, 15) is 14.7 Å². The fourth-order valence-electron chi connectivity index (χ4n) is 6.38. The molecule has 0 unspecified atom stereocenters. The predicted molar refractivity (Wildman–Crippen MR) is 83.1 cm³/mol. The molecule has 0 heterocycles. The molecule has 0 aliphatic heterocycles. The van der Waals surface area contributed by atoms with Gasteiger partial charge in [-0.25, -0.2) is 0 Å². The minimum absolute atomic E-state index is 0.0385. The average molecular weight is 302 g/mol. The normalized spacial score (nSPS) is 51.0. The van der Waals surface area contributed by atoms with Crippen molar-refractivity contribution < 1.29 is 14.7 Å². The number of hydrogen-bond acceptors (Lipinski definition) is 3. The Bertz CT molecular complexity index is 577. The van der Waals surface area contributed by atoms with Crippen LogP contribution >= 0.6 is 0 Å². The first-order valence-electron chi connectivity index (χ1n) is 8.79. The number of fused-ring (bicyclic) bond motifs is 5. The van der Waals surface area contributed by atoms with Gasteiger partial charge in [0.1, 0.15) is 11.6 Å². The van der Waals surface area contributed by atoms with Gasteiger partial charge in [0.25, 0.3) is 0 Å². The van der Waals surface area contributed by atoms with Crippen molar-refractivity contribution in [2.75, 3.05) is 0 Å². The molecule has 0 radical (unpaired) electrons. The molecule has 4 rings (SSSR count). The van der Waals surface area contributed by atoms with E-state index < -0.39 is 6.10 Å². The quantitative estimate of drug-likeness (QED) is 0.700. The highest BCUT2D eigenvalue weighted by Gasteiger charge is 2.61. The van der Waals surface area contributed by atoms with Gasteiger partial charge in [0.05, 0.1) is 6.10 Å². The van der Waals surface area contributed by atoms with Crippen molar-refractivity contribution >= 4 is 11.6 Å². The van der Waals surface area contributed by atoms with Gasteiger partial charge in [0.2, 0.25) is 0 Å². The summed E-state index contributed by atoms with van der Waals surface area (Å²) in [5, 5.41) is 10.9. The molecule has 1 N–H and O–H groups in total. The number of rotatable bonds is 0. The third-order valence-electron chi connectivity index (χ3n) is 7.58. The molecule has 0 aromatic rings. The zero-order valence-electron chi connectivity index (χ0n) is 13.6. The fourth-order valence-corrected chi connectivity index (χ4v) is 6.38. The van der Waals surface area contributed by atoms with Crippen molar-refractivity contribution in [3.8, 4) is 0 Å². The number of allylic oxidation sites excluding steroid dienone is 2. The van der Waals surface area contributed by atoms with Gasteiger partial charge >= 0.3 is 0 Å². The SMILES string of the molecule is C[C@]12CCC(=O)CC1=CC[C@@H]1[C@@H]2[C@@H](O)C[C@]2(C)C(=O)CC[C@@H]12. The number of carbonyl (C=O) groups is 2. The van der Waals surface area contributed by atoms with Gasteiger partial charge in [0, 0.05) is 24.7 Å². The Hall–Kier alpha value is -0.960. The van der Waals surface area contributed by atoms with Gasteiger partial charge in [-0.2, -0.15) is 0 Å². The molecule has 6 atom stereocenters. The lowest BCUT2D eigenvalue weighted by Crippen LogP contribution is -2.56. The van der Waals surface area contributed by atoms with Crippen molar-refractivity contribution in [1.82, 2.24) is 0 Å². The molecule has 0 aromatic heterocycles. The zero-order valence-corrected chi connectivity index (χ0v) is 13.6. The van der Waals surface area contributed by atoms with Crippen molar-refractivity contribution in [3.63, 3.8) is 0 Å². The Balaban J connectivity index is 1.76. The number of ketones is 2. The van der Waals surface area contributed by atoms with Crippen LogP contribution in [0.15, 0.2) is 11.6 Å². The highest BCUT2D eigenvalue weighted by Crippen LogP contribution is 2.63. The topological polar surface area (TPSA) is 54.4 Å². The van der Waals surface area contributed by atoms with Gasteiger partial charge in [0.15, 0.2) is 0 Å². The molecule has 0 aromatic carbocycles. The summed E-state index contributed by atoms with van der Waals surface area (Å²) in [7, 11) is 0. The summed E-state index contributed by atoms with van der Waals surface area (Å²) in [5.74, 6) is 1.74. The molecular formula is C19H26O3. The standard InChI is InChI=1S/C19H26O3/c1-18-8-7-12(20)9-11(18)3-4-13-14-5-6-16(22)19(14,2)10-15(21)17(13)18/h3,13-15,17,21H,4-10H2,1-2H3/t13-,14-,15-,17+,18-,19-/m0/s1. The molecule has 3 saturated carbocycles. The second kappa shape index (κ2) is 4.53. The van der Waals surface area contributed by atoms with Crippen LogP contribution in [0.4, 0.5) is 0 Å². The first-order valence-corrected chi connectivity index (χ1v) is 8.79. The Kier molecular flexibility index (Phi) is 3.01. The number of carbonyl (C=O) groups excluding carboxylic acids is 2. The molecule has 0 saturated heterocycles. The van der Waals surface area contributed by atoms with E-state index in [4.69, 9.17) is 0 Å². The number of aliphatic hydroxyl groups excluding tert-OH is 1. The van der Waals surface area contributed by atoms with Crippen LogP contribution < -0.4 is 0 Å². The van der Waals surface area contributed by atoms with E-state index in [1.165, 1.54) is 5.57 Å². The van der Waals surface area contributed by atoms with Crippen LogP contribution in [0.5, 0.6) is 0 Å². The Morgan fingerprint density at radius 3 is 2.73 bits per heavy atom. The molecule has 3 heteroatoms. The number of aliphatic hydroxyl groups is 1. The van der Waals surface area contributed by atoms with Crippen LogP contribution in [0.2, 0.25) is 0 Å². The van der Waals surface area contributed by atoms with Crippen LogP contribution in [0.3, 0.4) is 0 Å². The molecule has 22 heavy (non-hydrogen) atoms. The lowest BCUT2D eigenvalue weighted by molar-refractivity contribution is -0.145. The second-order valence-corrected chi connectivity index (χ2v) is 8.54. The molecule has 3 nitrogen and oxygen atoms in total. The van der Waals surface area contributed by atoms with Crippen molar-refractivity contribution in [1.29, 1.82) is 0 Å². The van der Waals surface area contributed by atoms with E-state index in [1.54, 1.807) is 0 Å². The highest BCUT2D eigenvalue weighted by molar-refractivity contribution is 5.87. The van der Waals surface area contributed by atoms with Gasteiger partial charge in [-0.3, -0.25) is 9.59 Å². The van der Waals surface area contributed by atoms with Gasteiger partial charge < -0.3 is 5.11 Å². The Labute approximate surface area is 132 Å². The summed E-state index contributed by atoms with van der Waals surface area (Å²) in [6, 6.07) is 0. The summed E-state index contributed by atoms with van der Waals surface area (Å²) >= 11 is 0. The van der Waals surface area contributed by atoms with Gasteiger partial charge in [-0.1, -0.05) is 25.5 Å². The molecule has 0 spiro atoms. The van der Waals surface area contributed by atoms with E-state index in [0.717, 1.165) is 19.3 Å². The zero-order chi connectivity index (χ0) is 15.7.